The molecule has 0 spiro atoms. The lowest BCUT2D eigenvalue weighted by Crippen LogP contribution is -2.30. The standard InChI is InChI=1S/C20H23ClN2O2/c1-13-10-14(2)20(15(3)11-13)23-19(25)12-18(24)22-9-8-16-4-6-17(21)7-5-16/h4-7,10-11H,8-9,12H2,1-3H3,(H,22,24)(H,23,25). The zero-order valence-corrected chi connectivity index (χ0v) is 15.5. The zero-order valence-electron chi connectivity index (χ0n) is 14.8. The molecule has 0 unspecified atom stereocenters. The van der Waals surface area contributed by atoms with Crippen LogP contribution in [0, 0.1) is 20.8 Å². The number of amides is 2. The summed E-state index contributed by atoms with van der Waals surface area (Å²) in [6.45, 7) is 6.39. The van der Waals surface area contributed by atoms with Crippen LogP contribution in [-0.2, 0) is 16.0 Å². The van der Waals surface area contributed by atoms with Gasteiger partial charge in [-0.1, -0.05) is 41.4 Å². The van der Waals surface area contributed by atoms with Gasteiger partial charge < -0.3 is 10.6 Å². The molecule has 0 aliphatic heterocycles. The molecule has 0 aromatic heterocycles. The van der Waals surface area contributed by atoms with Crippen molar-refractivity contribution in [3.05, 3.63) is 63.7 Å². The summed E-state index contributed by atoms with van der Waals surface area (Å²) in [7, 11) is 0. The summed E-state index contributed by atoms with van der Waals surface area (Å²) in [6.07, 6.45) is 0.508. The van der Waals surface area contributed by atoms with Crippen LogP contribution in [0.25, 0.3) is 0 Å². The molecule has 0 aliphatic rings. The molecule has 4 nitrogen and oxygen atoms in total. The topological polar surface area (TPSA) is 58.2 Å². The molecule has 0 saturated carbocycles. The molecule has 0 bridgehead atoms. The van der Waals surface area contributed by atoms with Crippen LogP contribution in [0.1, 0.15) is 28.7 Å². The Kier molecular flexibility index (Phi) is 6.59. The highest BCUT2D eigenvalue weighted by Gasteiger charge is 2.12. The summed E-state index contributed by atoms with van der Waals surface area (Å²) in [6, 6.07) is 11.5. The van der Waals surface area contributed by atoms with Gasteiger partial charge in [0, 0.05) is 17.3 Å². The van der Waals surface area contributed by atoms with Crippen molar-refractivity contribution in [3.63, 3.8) is 0 Å². The third-order valence-corrected chi connectivity index (χ3v) is 4.16. The van der Waals surface area contributed by atoms with Gasteiger partial charge in [-0.3, -0.25) is 9.59 Å². The molecular weight excluding hydrogens is 336 g/mol. The minimum absolute atomic E-state index is 0.187. The summed E-state index contributed by atoms with van der Waals surface area (Å²) in [4.78, 5) is 24.0. The maximum atomic E-state index is 12.1. The van der Waals surface area contributed by atoms with E-state index in [0.29, 0.717) is 18.0 Å². The van der Waals surface area contributed by atoms with Crippen molar-refractivity contribution >= 4 is 29.1 Å². The second-order valence-corrected chi connectivity index (χ2v) is 6.66. The number of hydrogen-bond donors (Lipinski definition) is 2. The molecule has 2 aromatic rings. The molecule has 0 aliphatic carbocycles. The molecule has 0 heterocycles. The molecule has 2 amide bonds. The minimum Gasteiger partial charge on any atom is -0.355 e. The average molecular weight is 359 g/mol. The first-order valence-corrected chi connectivity index (χ1v) is 8.62. The van der Waals surface area contributed by atoms with Gasteiger partial charge in [0.1, 0.15) is 6.42 Å². The Morgan fingerprint density at radius 1 is 0.960 bits per heavy atom. The number of halogens is 1. The van der Waals surface area contributed by atoms with Crippen LogP contribution >= 0.6 is 11.6 Å². The lowest BCUT2D eigenvalue weighted by atomic mass is 10.0. The largest absolute Gasteiger partial charge is 0.355 e. The van der Waals surface area contributed by atoms with E-state index < -0.39 is 0 Å². The quantitative estimate of drug-likeness (QED) is 0.768. The van der Waals surface area contributed by atoms with E-state index in [4.69, 9.17) is 11.6 Å². The Labute approximate surface area is 153 Å². The van der Waals surface area contributed by atoms with Gasteiger partial charge in [-0.15, -0.1) is 0 Å². The van der Waals surface area contributed by atoms with Crippen LogP contribution in [0.15, 0.2) is 36.4 Å². The summed E-state index contributed by atoms with van der Waals surface area (Å²) in [5, 5.41) is 6.29. The Morgan fingerprint density at radius 3 is 2.16 bits per heavy atom. The summed E-state index contributed by atoms with van der Waals surface area (Å²) in [5.41, 5.74) is 5.00. The fraction of sp³-hybridized carbons (Fsp3) is 0.300. The van der Waals surface area contributed by atoms with Crippen LogP contribution in [0.2, 0.25) is 5.02 Å². The van der Waals surface area contributed by atoms with Gasteiger partial charge in [0.05, 0.1) is 0 Å². The minimum atomic E-state index is -0.306. The first kappa shape index (κ1) is 19.0. The Balaban J connectivity index is 1.80. The van der Waals surface area contributed by atoms with E-state index in [2.05, 4.69) is 10.6 Å². The van der Waals surface area contributed by atoms with E-state index in [1.165, 1.54) is 0 Å². The van der Waals surface area contributed by atoms with E-state index in [1.807, 2.05) is 57.2 Å². The molecule has 2 aromatic carbocycles. The number of carbonyl (C=O) groups excluding carboxylic acids is 2. The lowest BCUT2D eigenvalue weighted by molar-refractivity contribution is -0.126. The molecule has 25 heavy (non-hydrogen) atoms. The molecule has 2 rings (SSSR count). The predicted molar refractivity (Wildman–Crippen MR) is 102 cm³/mol. The predicted octanol–water partition coefficient (Wildman–Crippen LogP) is 3.95. The van der Waals surface area contributed by atoms with Crippen molar-refractivity contribution in [2.45, 2.75) is 33.6 Å². The summed E-state index contributed by atoms with van der Waals surface area (Å²) in [5.74, 6) is -0.590. The molecule has 5 heteroatoms. The van der Waals surface area contributed by atoms with E-state index in [-0.39, 0.29) is 18.2 Å². The maximum absolute atomic E-state index is 12.1. The van der Waals surface area contributed by atoms with Gasteiger partial charge in [-0.05, 0) is 56.0 Å². The Hall–Kier alpha value is -2.33. The molecule has 0 fully saturated rings. The molecule has 0 atom stereocenters. The highest BCUT2D eigenvalue weighted by atomic mass is 35.5. The maximum Gasteiger partial charge on any atom is 0.233 e. The summed E-state index contributed by atoms with van der Waals surface area (Å²) < 4.78 is 0. The van der Waals surface area contributed by atoms with E-state index in [9.17, 15) is 9.59 Å². The normalized spacial score (nSPS) is 10.4. The Morgan fingerprint density at radius 2 is 1.56 bits per heavy atom. The third kappa shape index (κ3) is 5.91. The second kappa shape index (κ2) is 8.67. The number of benzene rings is 2. The van der Waals surface area contributed by atoms with Gasteiger partial charge in [0.25, 0.3) is 0 Å². The van der Waals surface area contributed by atoms with Gasteiger partial charge >= 0.3 is 0 Å². The lowest BCUT2D eigenvalue weighted by Gasteiger charge is -2.13. The first-order valence-electron chi connectivity index (χ1n) is 8.24. The van der Waals surface area contributed by atoms with Gasteiger partial charge in [-0.2, -0.15) is 0 Å². The summed E-state index contributed by atoms with van der Waals surface area (Å²) >= 11 is 5.84. The monoisotopic (exact) mass is 358 g/mol. The van der Waals surface area contributed by atoms with E-state index in [1.54, 1.807) is 0 Å². The van der Waals surface area contributed by atoms with Crippen LogP contribution in [0.5, 0.6) is 0 Å². The number of aryl methyl sites for hydroxylation is 3. The van der Waals surface area contributed by atoms with Crippen molar-refractivity contribution in [1.82, 2.24) is 5.32 Å². The van der Waals surface area contributed by atoms with Gasteiger partial charge in [-0.25, -0.2) is 0 Å². The highest BCUT2D eigenvalue weighted by Crippen LogP contribution is 2.22. The Bertz CT molecular complexity index is 747. The zero-order chi connectivity index (χ0) is 18.4. The van der Waals surface area contributed by atoms with Crippen molar-refractivity contribution in [3.8, 4) is 0 Å². The molecule has 0 radical (unpaired) electrons. The fourth-order valence-electron chi connectivity index (χ4n) is 2.77. The number of anilines is 1. The first-order chi connectivity index (χ1) is 11.8. The third-order valence-electron chi connectivity index (χ3n) is 3.91. The smallest absolute Gasteiger partial charge is 0.233 e. The van der Waals surface area contributed by atoms with Gasteiger partial charge in [0.2, 0.25) is 11.8 Å². The average Bonchev–Trinajstić information content (AvgIpc) is 2.52. The van der Waals surface area contributed by atoms with Crippen molar-refractivity contribution in [2.24, 2.45) is 0 Å². The van der Waals surface area contributed by atoms with E-state index in [0.717, 1.165) is 27.9 Å². The molecule has 2 N–H and O–H groups in total. The molecule has 132 valence electrons. The van der Waals surface area contributed by atoms with Crippen LogP contribution in [0.3, 0.4) is 0 Å². The molecular formula is C20H23ClN2O2. The van der Waals surface area contributed by atoms with Crippen molar-refractivity contribution < 1.29 is 9.59 Å². The second-order valence-electron chi connectivity index (χ2n) is 6.23. The molecule has 0 saturated heterocycles. The number of nitrogens with one attached hydrogen (secondary N) is 2. The SMILES string of the molecule is Cc1cc(C)c(NC(=O)CC(=O)NCCc2ccc(Cl)cc2)c(C)c1. The van der Waals surface area contributed by atoms with E-state index >= 15 is 0 Å². The van der Waals surface area contributed by atoms with Crippen molar-refractivity contribution in [2.75, 3.05) is 11.9 Å². The number of carbonyl (C=O) groups is 2. The highest BCUT2D eigenvalue weighted by molar-refractivity contribution is 6.30. The van der Waals surface area contributed by atoms with Crippen molar-refractivity contribution in [1.29, 1.82) is 0 Å². The fourth-order valence-corrected chi connectivity index (χ4v) is 2.89. The van der Waals surface area contributed by atoms with Gasteiger partial charge in [0.15, 0.2) is 0 Å². The van der Waals surface area contributed by atoms with Crippen LogP contribution < -0.4 is 10.6 Å². The number of hydrogen-bond acceptors (Lipinski definition) is 2. The number of rotatable bonds is 6. The van der Waals surface area contributed by atoms with Crippen LogP contribution in [-0.4, -0.2) is 18.4 Å². The van der Waals surface area contributed by atoms with Crippen LogP contribution in [0.4, 0.5) is 5.69 Å².